The fourth-order valence-electron chi connectivity index (χ4n) is 6.93. The molecule has 0 aromatic heterocycles. The molecule has 2 unspecified atom stereocenters. The van der Waals surface area contributed by atoms with E-state index >= 15 is 0 Å². The average Bonchev–Trinajstić information content (AvgIpc) is 3.63. The van der Waals surface area contributed by atoms with Crippen LogP contribution in [-0.2, 0) is 0 Å². The first-order valence-electron chi connectivity index (χ1n) is 18.9. The van der Waals surface area contributed by atoms with Crippen LogP contribution in [0.3, 0.4) is 0 Å². The minimum atomic E-state index is 0.517. The second kappa shape index (κ2) is 24.0. The molecule has 0 amide bonds. The molecule has 0 aromatic carbocycles. The Hall–Kier alpha value is -1.38. The van der Waals surface area contributed by atoms with Crippen LogP contribution in [0, 0.1) is 5.92 Å². The third-order valence-corrected chi connectivity index (χ3v) is 10.2. The van der Waals surface area contributed by atoms with Crippen LogP contribution in [0.5, 0.6) is 0 Å². The molecule has 0 radical (unpaired) electrons. The molecule has 1 fully saturated rings. The monoisotopic (exact) mass is 584 g/mol. The van der Waals surface area contributed by atoms with Crippen molar-refractivity contribution in [2.75, 3.05) is 6.54 Å². The molecule has 244 valence electrons. The molecule has 2 atom stereocenters. The zero-order chi connectivity index (χ0) is 30.3. The number of allylic oxidation sites excluding steroid dienone is 2. The molecule has 0 aromatic rings. The lowest BCUT2D eigenvalue weighted by Gasteiger charge is -2.25. The summed E-state index contributed by atoms with van der Waals surface area (Å²) in [6.45, 7) is 14.7. The summed E-state index contributed by atoms with van der Waals surface area (Å²) in [5, 5.41) is 11.3. The lowest BCUT2D eigenvalue weighted by molar-refractivity contribution is 0.457. The molecule has 2 rings (SSSR count). The van der Waals surface area contributed by atoms with Crippen molar-refractivity contribution in [1.29, 1.82) is 0 Å². The zero-order valence-corrected chi connectivity index (χ0v) is 28.9. The van der Waals surface area contributed by atoms with Crippen LogP contribution in [0.1, 0.15) is 188 Å². The number of hydrogen-bond acceptors (Lipinski definition) is 3. The summed E-state index contributed by atoms with van der Waals surface area (Å²) in [6, 6.07) is 1.21. The van der Waals surface area contributed by atoms with E-state index in [1.807, 2.05) is 0 Å². The Morgan fingerprint density at radius 3 is 1.86 bits per heavy atom. The molecule has 0 bridgehead atoms. The topological polar surface area (TPSA) is 36.1 Å². The van der Waals surface area contributed by atoms with Crippen molar-refractivity contribution in [2.45, 2.75) is 200 Å². The minimum absolute atomic E-state index is 0.517. The molecular formula is C39H73N3. The van der Waals surface area contributed by atoms with Gasteiger partial charge in [0.2, 0.25) is 0 Å². The van der Waals surface area contributed by atoms with Crippen LogP contribution in [0.25, 0.3) is 0 Å². The van der Waals surface area contributed by atoms with E-state index in [9.17, 15) is 0 Å². The highest BCUT2D eigenvalue weighted by atomic mass is 15.0. The fourth-order valence-corrected chi connectivity index (χ4v) is 6.93. The molecule has 0 saturated heterocycles. The van der Waals surface area contributed by atoms with Gasteiger partial charge in [0.1, 0.15) is 0 Å². The van der Waals surface area contributed by atoms with Gasteiger partial charge in [0.05, 0.1) is 0 Å². The molecule has 3 heteroatoms. The smallest absolute Gasteiger partial charge is 0.0373 e. The third kappa shape index (κ3) is 16.5. The van der Waals surface area contributed by atoms with E-state index in [0.717, 1.165) is 32.2 Å². The summed E-state index contributed by atoms with van der Waals surface area (Å²) in [4.78, 5) is 0. The molecule has 0 spiro atoms. The second-order valence-electron chi connectivity index (χ2n) is 13.9. The Labute approximate surface area is 263 Å². The Bertz CT molecular complexity index is 745. The van der Waals surface area contributed by atoms with Gasteiger partial charge in [-0.2, -0.15) is 0 Å². The van der Waals surface area contributed by atoms with Crippen LogP contribution in [0.15, 0.2) is 35.3 Å². The van der Waals surface area contributed by atoms with Crippen molar-refractivity contribution in [3.05, 3.63) is 35.3 Å². The number of rotatable bonds is 27. The molecule has 3 nitrogen and oxygen atoms in total. The quantitative estimate of drug-likeness (QED) is 0.0842. The van der Waals surface area contributed by atoms with Crippen molar-refractivity contribution in [3.63, 3.8) is 0 Å². The lowest BCUT2D eigenvalue weighted by atomic mass is 9.91. The Balaban J connectivity index is 1.41. The van der Waals surface area contributed by atoms with E-state index in [1.54, 1.807) is 5.57 Å². The molecule has 1 heterocycles. The fraction of sp³-hybridized carbons (Fsp3) is 0.846. The highest BCUT2D eigenvalue weighted by Crippen LogP contribution is 2.29. The third-order valence-electron chi connectivity index (χ3n) is 10.2. The molecule has 1 saturated carbocycles. The number of unbranched alkanes of at least 4 members (excludes halogenated alkanes) is 16. The summed E-state index contributed by atoms with van der Waals surface area (Å²) >= 11 is 0. The van der Waals surface area contributed by atoms with Gasteiger partial charge in [0, 0.05) is 36.4 Å². The molecular weight excluding hydrogens is 510 g/mol. The van der Waals surface area contributed by atoms with E-state index in [1.165, 1.54) is 152 Å². The predicted molar refractivity (Wildman–Crippen MR) is 188 cm³/mol. The van der Waals surface area contributed by atoms with Crippen molar-refractivity contribution in [2.24, 2.45) is 5.92 Å². The Morgan fingerprint density at radius 1 is 0.810 bits per heavy atom. The molecule has 42 heavy (non-hydrogen) atoms. The summed E-state index contributed by atoms with van der Waals surface area (Å²) in [6.07, 6.45) is 36.6. The maximum absolute atomic E-state index is 4.32. The van der Waals surface area contributed by atoms with Gasteiger partial charge in [-0.15, -0.1) is 0 Å². The van der Waals surface area contributed by atoms with Crippen LogP contribution in [0.4, 0.5) is 0 Å². The molecule has 3 N–H and O–H groups in total. The predicted octanol–water partition coefficient (Wildman–Crippen LogP) is 11.6. The van der Waals surface area contributed by atoms with Crippen LogP contribution >= 0.6 is 0 Å². The lowest BCUT2D eigenvalue weighted by Crippen LogP contribution is -2.33. The number of hydrogen-bond donors (Lipinski definition) is 3. The SMILES string of the molecule is C=C(CCCCCCCCCCCCCCCCCCC)NCCC1=CNC(C/C(NC2CCCC2)=C(/C)CC)C1C. The van der Waals surface area contributed by atoms with Crippen molar-refractivity contribution < 1.29 is 0 Å². The van der Waals surface area contributed by atoms with Crippen molar-refractivity contribution >= 4 is 0 Å². The molecule has 1 aliphatic heterocycles. The average molecular weight is 584 g/mol. The van der Waals surface area contributed by atoms with Gasteiger partial charge in [-0.1, -0.05) is 148 Å². The first-order chi connectivity index (χ1) is 20.5. The van der Waals surface area contributed by atoms with Crippen LogP contribution in [0.2, 0.25) is 0 Å². The molecule has 2 aliphatic rings. The van der Waals surface area contributed by atoms with E-state index in [4.69, 9.17) is 0 Å². The standard InChI is InChI=1S/C39H73N3/c1-6-8-9-10-11-12-13-14-15-16-17-18-19-20-21-22-23-26-34(4)40-30-29-36-32-41-39(35(36)5)31-38(33(3)7-2)42-37-27-24-25-28-37/h32,35,37,39-42H,4,6-31H2,1-3,5H3/b38-33+. The van der Waals surface area contributed by atoms with Gasteiger partial charge in [0.25, 0.3) is 0 Å². The van der Waals surface area contributed by atoms with Gasteiger partial charge in [-0.3, -0.25) is 0 Å². The Kier molecular flexibility index (Phi) is 21.0. The summed E-state index contributed by atoms with van der Waals surface area (Å²) in [5.41, 5.74) is 5.83. The first-order valence-corrected chi connectivity index (χ1v) is 18.9. The summed E-state index contributed by atoms with van der Waals surface area (Å²) in [5.74, 6) is 0.593. The van der Waals surface area contributed by atoms with Gasteiger partial charge in [-0.05, 0) is 63.1 Å². The summed E-state index contributed by atoms with van der Waals surface area (Å²) in [7, 11) is 0. The van der Waals surface area contributed by atoms with Gasteiger partial charge >= 0.3 is 0 Å². The number of nitrogens with one attached hydrogen (secondary N) is 3. The maximum Gasteiger partial charge on any atom is 0.0373 e. The highest BCUT2D eigenvalue weighted by Gasteiger charge is 2.27. The molecule has 1 aliphatic carbocycles. The van der Waals surface area contributed by atoms with Crippen molar-refractivity contribution in [3.8, 4) is 0 Å². The summed E-state index contributed by atoms with van der Waals surface area (Å²) < 4.78 is 0. The highest BCUT2D eigenvalue weighted by molar-refractivity contribution is 5.21. The van der Waals surface area contributed by atoms with Gasteiger partial charge in [0.15, 0.2) is 0 Å². The van der Waals surface area contributed by atoms with Crippen molar-refractivity contribution in [1.82, 2.24) is 16.0 Å². The minimum Gasteiger partial charge on any atom is -0.388 e. The zero-order valence-electron chi connectivity index (χ0n) is 28.9. The van der Waals surface area contributed by atoms with Gasteiger partial charge in [-0.25, -0.2) is 0 Å². The van der Waals surface area contributed by atoms with E-state index < -0.39 is 0 Å². The normalized spacial score (nSPS) is 19.5. The van der Waals surface area contributed by atoms with Crippen LogP contribution in [-0.4, -0.2) is 18.6 Å². The van der Waals surface area contributed by atoms with E-state index in [-0.39, 0.29) is 0 Å². The van der Waals surface area contributed by atoms with E-state index in [0.29, 0.717) is 18.0 Å². The second-order valence-corrected chi connectivity index (χ2v) is 13.9. The van der Waals surface area contributed by atoms with E-state index in [2.05, 4.69) is 56.4 Å². The Morgan fingerprint density at radius 2 is 1.33 bits per heavy atom. The first kappa shape index (κ1) is 36.8. The maximum atomic E-state index is 4.32. The van der Waals surface area contributed by atoms with Gasteiger partial charge < -0.3 is 16.0 Å². The van der Waals surface area contributed by atoms with Crippen LogP contribution < -0.4 is 16.0 Å². The largest absolute Gasteiger partial charge is 0.388 e.